The Hall–Kier alpha value is -4.16. The number of amides is 1. The number of aromatic nitrogens is 5. The number of fused-ring (bicyclic) bond motifs is 9. The molecule has 3 aliphatic rings. The Balaban J connectivity index is 1.41. The molecule has 0 spiro atoms. The fourth-order valence-corrected chi connectivity index (χ4v) is 5.64. The fourth-order valence-electron chi connectivity index (χ4n) is 5.64. The zero-order valence-electron chi connectivity index (χ0n) is 21.6. The molecule has 9 heteroatoms. The maximum absolute atomic E-state index is 13.5. The molecule has 0 radical (unpaired) electrons. The van der Waals surface area contributed by atoms with Gasteiger partial charge >= 0.3 is 0 Å². The first-order valence-electron chi connectivity index (χ1n) is 13.1. The first-order chi connectivity index (χ1) is 18.2. The van der Waals surface area contributed by atoms with Gasteiger partial charge in [0.1, 0.15) is 5.82 Å². The molecule has 2 aliphatic carbocycles. The first kappa shape index (κ1) is 17.3. The van der Waals surface area contributed by atoms with Crippen molar-refractivity contribution in [1.29, 1.82) is 5.26 Å². The summed E-state index contributed by atoms with van der Waals surface area (Å²) in [5, 5.41) is 14.6. The van der Waals surface area contributed by atoms with Crippen molar-refractivity contribution in [3.8, 4) is 17.3 Å². The number of nitrogens with zero attached hydrogens (tertiary/aromatic N) is 7. The molecular formula is C26H22N8O. The molecule has 2 atom stereocenters. The number of hydrogen-bond donors (Lipinski definition) is 1. The van der Waals surface area contributed by atoms with E-state index in [1.165, 1.54) is 0 Å². The molecule has 2 N–H and O–H groups in total. The van der Waals surface area contributed by atoms with E-state index in [4.69, 9.17) is 14.8 Å². The van der Waals surface area contributed by atoms with E-state index in [1.54, 1.807) is 47.4 Å². The Bertz CT molecular complexity index is 1680. The lowest BCUT2D eigenvalue weighted by Gasteiger charge is -2.36. The van der Waals surface area contributed by atoms with E-state index >= 15 is 0 Å². The topological polar surface area (TPSA) is 126 Å². The van der Waals surface area contributed by atoms with Crippen molar-refractivity contribution in [2.24, 2.45) is 5.73 Å². The molecule has 172 valence electrons. The van der Waals surface area contributed by atoms with Crippen molar-refractivity contribution in [2.45, 2.75) is 43.2 Å². The average molecular weight is 466 g/mol. The van der Waals surface area contributed by atoms with Gasteiger partial charge in [-0.05, 0) is 49.4 Å². The lowest BCUT2D eigenvalue weighted by molar-refractivity contribution is 0.0734. The number of benzene rings is 1. The van der Waals surface area contributed by atoms with Crippen LogP contribution in [0.2, 0.25) is 0 Å². The molecule has 7 rings (SSSR count). The number of nitriles is 1. The van der Waals surface area contributed by atoms with E-state index in [9.17, 15) is 10.1 Å². The summed E-state index contributed by atoms with van der Waals surface area (Å²) >= 11 is 0. The van der Waals surface area contributed by atoms with Crippen LogP contribution >= 0.6 is 0 Å². The Morgan fingerprint density at radius 3 is 2.77 bits per heavy atom. The summed E-state index contributed by atoms with van der Waals surface area (Å²) in [4.78, 5) is 28.4. The molecule has 35 heavy (non-hydrogen) atoms. The summed E-state index contributed by atoms with van der Waals surface area (Å²) in [5.41, 5.74) is 10.1. The minimum absolute atomic E-state index is 0.226. The largest absolute Gasteiger partial charge is 0.333 e. The van der Waals surface area contributed by atoms with Crippen LogP contribution < -0.4 is 5.73 Å². The summed E-state index contributed by atoms with van der Waals surface area (Å²) < 4.78 is 26.0. The molecule has 1 aromatic carbocycles. The normalized spacial score (nSPS) is 23.4. The van der Waals surface area contributed by atoms with Crippen LogP contribution in [0.5, 0.6) is 0 Å². The third-order valence-corrected chi connectivity index (χ3v) is 7.65. The third kappa shape index (κ3) is 2.68. The van der Waals surface area contributed by atoms with E-state index in [-0.39, 0.29) is 5.56 Å². The van der Waals surface area contributed by atoms with Gasteiger partial charge in [-0.1, -0.05) is 6.07 Å². The number of nitrogens with two attached hydrogens (primary N) is 1. The number of carbonyl (C=O) groups excluding carboxylic acids is 1. The van der Waals surface area contributed by atoms with Gasteiger partial charge in [-0.2, -0.15) is 10.4 Å². The van der Waals surface area contributed by atoms with Crippen LogP contribution in [0.1, 0.15) is 80.3 Å². The smallest absolute Gasteiger partial charge is 0.254 e. The van der Waals surface area contributed by atoms with Gasteiger partial charge in [0.2, 0.25) is 0 Å². The molecule has 1 fully saturated rings. The predicted octanol–water partition coefficient (Wildman–Crippen LogP) is 3.06. The zero-order valence-corrected chi connectivity index (χ0v) is 18.6. The van der Waals surface area contributed by atoms with Crippen LogP contribution in [-0.4, -0.2) is 42.3 Å². The number of rotatable bonds is 2. The maximum Gasteiger partial charge on any atom is 0.254 e. The van der Waals surface area contributed by atoms with Crippen molar-refractivity contribution >= 4 is 11.6 Å². The molecule has 0 unspecified atom stereocenters. The van der Waals surface area contributed by atoms with Gasteiger partial charge in [0.15, 0.2) is 5.65 Å². The van der Waals surface area contributed by atoms with Gasteiger partial charge in [0.25, 0.3) is 5.91 Å². The maximum atomic E-state index is 13.5. The third-order valence-electron chi connectivity index (χ3n) is 7.65. The van der Waals surface area contributed by atoms with Crippen molar-refractivity contribution in [3.63, 3.8) is 0 Å². The van der Waals surface area contributed by atoms with E-state index in [0.29, 0.717) is 46.0 Å². The fraction of sp³-hybridized carbons (Fsp3) is 0.308. The second-order valence-corrected chi connectivity index (χ2v) is 9.54. The minimum atomic E-state index is -2.69. The number of hydrogen-bond acceptors (Lipinski definition) is 7. The molecule has 9 nitrogen and oxygen atoms in total. The molecular weight excluding hydrogens is 440 g/mol. The van der Waals surface area contributed by atoms with Crippen LogP contribution in [0.3, 0.4) is 0 Å². The highest BCUT2D eigenvalue weighted by Crippen LogP contribution is 2.51. The standard InChI is InChI=1S/C26H22N8O/c1-33-19-10-17(20-14(11-27)4-2-5-16(20)24(33)35)21-22(19)32-34-9-6-18(31-23(21)34)15-12-29-25(30-13-15)26(28)7-3-8-26/h2,4-6,9,12-13,17,19H,3,7-8,10,28H2,1H3/t17-,19-/m1/s1/i1D3. The molecule has 1 aliphatic heterocycles. The molecule has 1 saturated carbocycles. The summed E-state index contributed by atoms with van der Waals surface area (Å²) in [6.45, 7) is -2.69. The Kier molecular flexibility index (Phi) is 3.43. The lowest BCUT2D eigenvalue weighted by Crippen LogP contribution is -2.44. The highest BCUT2D eigenvalue weighted by molar-refractivity contribution is 5.98. The summed E-state index contributed by atoms with van der Waals surface area (Å²) in [6.07, 6.45) is 8.29. The molecule has 4 aromatic rings. The van der Waals surface area contributed by atoms with Crippen LogP contribution in [0, 0.1) is 11.3 Å². The van der Waals surface area contributed by atoms with E-state index in [1.807, 2.05) is 0 Å². The highest BCUT2D eigenvalue weighted by atomic mass is 16.2. The van der Waals surface area contributed by atoms with Crippen molar-refractivity contribution in [3.05, 3.63) is 76.6 Å². The van der Waals surface area contributed by atoms with Gasteiger partial charge in [0, 0.05) is 52.3 Å². The summed E-state index contributed by atoms with van der Waals surface area (Å²) in [7, 11) is 0. The van der Waals surface area contributed by atoms with Gasteiger partial charge in [-0.3, -0.25) is 4.79 Å². The van der Waals surface area contributed by atoms with Crippen molar-refractivity contribution < 1.29 is 8.91 Å². The minimum Gasteiger partial charge on any atom is -0.333 e. The second kappa shape index (κ2) is 6.93. The van der Waals surface area contributed by atoms with Crippen LogP contribution in [-0.2, 0) is 5.54 Å². The molecule has 3 aromatic heterocycles. The van der Waals surface area contributed by atoms with Gasteiger partial charge in [0.05, 0.1) is 34.6 Å². The molecule has 2 bridgehead atoms. The van der Waals surface area contributed by atoms with Crippen molar-refractivity contribution in [1.82, 2.24) is 29.5 Å². The van der Waals surface area contributed by atoms with Gasteiger partial charge in [-0.25, -0.2) is 19.5 Å². The summed E-state index contributed by atoms with van der Waals surface area (Å²) in [6, 6.07) is 8.06. The Morgan fingerprint density at radius 1 is 1.23 bits per heavy atom. The SMILES string of the molecule is [2H]C([2H])([2H])N1C(=O)c2cccc(C#N)c2[C@H]2C[C@@H]1c1nn3ccc(-c4cnc(C5(N)CCC5)nc4)nc3c12. The van der Waals surface area contributed by atoms with Crippen LogP contribution in [0.15, 0.2) is 42.9 Å². The molecule has 0 saturated heterocycles. The average Bonchev–Trinajstić information content (AvgIpc) is 3.39. The van der Waals surface area contributed by atoms with Gasteiger partial charge < -0.3 is 10.6 Å². The predicted molar refractivity (Wildman–Crippen MR) is 126 cm³/mol. The van der Waals surface area contributed by atoms with E-state index in [2.05, 4.69) is 21.1 Å². The zero-order chi connectivity index (χ0) is 26.4. The Morgan fingerprint density at radius 2 is 2.06 bits per heavy atom. The van der Waals surface area contributed by atoms with Gasteiger partial charge in [-0.15, -0.1) is 0 Å². The van der Waals surface area contributed by atoms with Crippen molar-refractivity contribution in [2.75, 3.05) is 6.98 Å². The molecule has 4 heterocycles. The molecule has 1 amide bonds. The second-order valence-electron chi connectivity index (χ2n) is 9.54. The Labute approximate surface area is 205 Å². The van der Waals surface area contributed by atoms with E-state index < -0.39 is 30.4 Å². The van der Waals surface area contributed by atoms with Crippen LogP contribution in [0.25, 0.3) is 16.9 Å². The van der Waals surface area contributed by atoms with E-state index in [0.717, 1.165) is 29.7 Å². The quantitative estimate of drug-likeness (QED) is 0.482. The van der Waals surface area contributed by atoms with Crippen LogP contribution in [0.4, 0.5) is 0 Å². The monoisotopic (exact) mass is 465 g/mol. The highest BCUT2D eigenvalue weighted by Gasteiger charge is 2.46. The summed E-state index contributed by atoms with van der Waals surface area (Å²) in [5.74, 6) is -0.409. The first-order valence-corrected chi connectivity index (χ1v) is 11.6. The lowest BCUT2D eigenvalue weighted by atomic mass is 9.77. The number of carbonyl (C=O) groups is 1.